The minimum atomic E-state index is -0.298. The van der Waals surface area contributed by atoms with Gasteiger partial charge in [-0.2, -0.15) is 11.8 Å². The molecule has 1 heterocycles. The molecule has 0 spiro atoms. The predicted molar refractivity (Wildman–Crippen MR) is 68.3 cm³/mol. The first-order valence-corrected chi connectivity index (χ1v) is 6.78. The van der Waals surface area contributed by atoms with Crippen LogP contribution in [0.1, 0.15) is 31.0 Å². The van der Waals surface area contributed by atoms with Gasteiger partial charge in [0.1, 0.15) is 5.82 Å². The first-order valence-electron chi connectivity index (χ1n) is 5.35. The molecule has 1 aliphatic heterocycles. The summed E-state index contributed by atoms with van der Waals surface area (Å²) in [6.45, 7) is 4.28. The Balaban J connectivity index is 2.44. The SMILES string of the molecule is CC(C)C1SCc2c(Cl)cc(F)cc2C1N. The molecule has 0 saturated carbocycles. The van der Waals surface area contributed by atoms with E-state index in [0.717, 1.165) is 16.9 Å². The third kappa shape index (κ3) is 2.08. The topological polar surface area (TPSA) is 26.0 Å². The Hall–Kier alpha value is -0.250. The van der Waals surface area contributed by atoms with Crippen molar-refractivity contribution in [2.45, 2.75) is 30.9 Å². The summed E-state index contributed by atoms with van der Waals surface area (Å²) in [6.07, 6.45) is 0. The van der Waals surface area contributed by atoms with E-state index in [1.165, 1.54) is 12.1 Å². The number of benzene rings is 1. The van der Waals surface area contributed by atoms with Crippen LogP contribution in [0.25, 0.3) is 0 Å². The fourth-order valence-electron chi connectivity index (χ4n) is 2.14. The molecule has 0 fully saturated rings. The molecule has 0 radical (unpaired) electrons. The van der Waals surface area contributed by atoms with Gasteiger partial charge < -0.3 is 5.73 Å². The van der Waals surface area contributed by atoms with Gasteiger partial charge in [-0.25, -0.2) is 4.39 Å². The standard InChI is InChI=1S/C12H15ClFNS/c1-6(2)12-11(15)8-3-7(14)4-10(13)9(8)5-16-12/h3-4,6,11-12H,5,15H2,1-2H3. The number of thioether (sulfide) groups is 1. The second-order valence-electron chi connectivity index (χ2n) is 4.50. The van der Waals surface area contributed by atoms with Crippen LogP contribution in [-0.2, 0) is 5.75 Å². The number of nitrogens with two attached hydrogens (primary N) is 1. The number of rotatable bonds is 1. The Bertz CT molecular complexity index is 408. The van der Waals surface area contributed by atoms with Crippen molar-refractivity contribution in [2.75, 3.05) is 0 Å². The molecule has 2 atom stereocenters. The van der Waals surface area contributed by atoms with Crippen LogP contribution in [0.5, 0.6) is 0 Å². The van der Waals surface area contributed by atoms with Gasteiger partial charge in [0.15, 0.2) is 0 Å². The van der Waals surface area contributed by atoms with E-state index in [2.05, 4.69) is 13.8 Å². The number of fused-ring (bicyclic) bond motifs is 1. The second kappa shape index (κ2) is 4.55. The average molecular weight is 260 g/mol. The largest absolute Gasteiger partial charge is 0.323 e. The van der Waals surface area contributed by atoms with E-state index in [-0.39, 0.29) is 11.9 Å². The summed E-state index contributed by atoms with van der Waals surface area (Å²) in [6, 6.07) is 2.77. The number of halogens is 2. The highest BCUT2D eigenvalue weighted by atomic mass is 35.5. The van der Waals surface area contributed by atoms with Gasteiger partial charge in [0.2, 0.25) is 0 Å². The van der Waals surface area contributed by atoms with Crippen molar-refractivity contribution in [1.29, 1.82) is 0 Å². The Morgan fingerprint density at radius 1 is 1.50 bits per heavy atom. The van der Waals surface area contributed by atoms with Crippen molar-refractivity contribution in [3.8, 4) is 0 Å². The van der Waals surface area contributed by atoms with Gasteiger partial charge in [0.25, 0.3) is 0 Å². The smallest absolute Gasteiger partial charge is 0.125 e. The molecule has 2 rings (SSSR count). The summed E-state index contributed by atoms with van der Waals surface area (Å²) >= 11 is 7.84. The van der Waals surface area contributed by atoms with Crippen LogP contribution in [0.2, 0.25) is 5.02 Å². The second-order valence-corrected chi connectivity index (χ2v) is 6.07. The zero-order valence-electron chi connectivity index (χ0n) is 9.34. The van der Waals surface area contributed by atoms with Crippen LogP contribution in [0, 0.1) is 11.7 Å². The number of hydrogen-bond acceptors (Lipinski definition) is 2. The normalized spacial score (nSPS) is 24.6. The zero-order chi connectivity index (χ0) is 11.9. The molecule has 0 aliphatic carbocycles. The van der Waals surface area contributed by atoms with Gasteiger partial charge in [-0.05, 0) is 29.2 Å². The lowest BCUT2D eigenvalue weighted by Gasteiger charge is -2.33. The van der Waals surface area contributed by atoms with Crippen LogP contribution < -0.4 is 5.73 Å². The molecule has 0 bridgehead atoms. The summed E-state index contributed by atoms with van der Waals surface area (Å²) in [5.41, 5.74) is 8.06. The van der Waals surface area contributed by atoms with Crippen LogP contribution in [0.15, 0.2) is 12.1 Å². The average Bonchev–Trinajstić information content (AvgIpc) is 2.19. The molecule has 0 amide bonds. The van der Waals surface area contributed by atoms with Crippen molar-refractivity contribution >= 4 is 23.4 Å². The third-order valence-corrected chi connectivity index (χ3v) is 5.00. The molecule has 4 heteroatoms. The lowest BCUT2D eigenvalue weighted by atomic mass is 9.93. The third-order valence-electron chi connectivity index (χ3n) is 2.99. The van der Waals surface area contributed by atoms with Gasteiger partial charge in [0.05, 0.1) is 0 Å². The van der Waals surface area contributed by atoms with Gasteiger partial charge in [0, 0.05) is 22.1 Å². The maximum absolute atomic E-state index is 13.3. The van der Waals surface area contributed by atoms with Crippen LogP contribution in [0.4, 0.5) is 4.39 Å². The fraction of sp³-hybridized carbons (Fsp3) is 0.500. The van der Waals surface area contributed by atoms with Crippen molar-refractivity contribution in [3.05, 3.63) is 34.1 Å². The van der Waals surface area contributed by atoms with Crippen LogP contribution in [-0.4, -0.2) is 5.25 Å². The Labute approximate surface area is 105 Å². The molecule has 2 N–H and O–H groups in total. The Morgan fingerprint density at radius 3 is 2.81 bits per heavy atom. The Morgan fingerprint density at radius 2 is 2.19 bits per heavy atom. The lowest BCUT2D eigenvalue weighted by Crippen LogP contribution is -2.32. The molecule has 1 nitrogen and oxygen atoms in total. The first kappa shape index (κ1) is 12.2. The van der Waals surface area contributed by atoms with Crippen LogP contribution >= 0.6 is 23.4 Å². The van der Waals surface area contributed by atoms with Gasteiger partial charge in [-0.15, -0.1) is 0 Å². The molecule has 1 aromatic rings. The predicted octanol–water partition coefficient (Wildman–Crippen LogP) is 3.75. The molecule has 0 saturated heterocycles. The molecular formula is C12H15ClFNS. The summed E-state index contributed by atoms with van der Waals surface area (Å²) in [7, 11) is 0. The lowest BCUT2D eigenvalue weighted by molar-refractivity contribution is 0.517. The fourth-order valence-corrected chi connectivity index (χ4v) is 3.92. The molecule has 1 aliphatic rings. The maximum atomic E-state index is 13.3. The minimum Gasteiger partial charge on any atom is -0.323 e. The highest BCUT2D eigenvalue weighted by Gasteiger charge is 2.31. The van der Waals surface area contributed by atoms with E-state index < -0.39 is 0 Å². The number of hydrogen-bond donors (Lipinski definition) is 1. The van der Waals surface area contributed by atoms with Crippen molar-refractivity contribution < 1.29 is 4.39 Å². The highest BCUT2D eigenvalue weighted by Crippen LogP contribution is 2.42. The molecule has 16 heavy (non-hydrogen) atoms. The van der Waals surface area contributed by atoms with E-state index >= 15 is 0 Å². The summed E-state index contributed by atoms with van der Waals surface area (Å²) in [5, 5.41) is 0.838. The molecule has 0 aromatic heterocycles. The van der Waals surface area contributed by atoms with Gasteiger partial charge in [-0.1, -0.05) is 25.4 Å². The van der Waals surface area contributed by atoms with E-state index in [0.29, 0.717) is 16.2 Å². The van der Waals surface area contributed by atoms with Crippen molar-refractivity contribution in [1.82, 2.24) is 0 Å². The van der Waals surface area contributed by atoms with Gasteiger partial charge >= 0.3 is 0 Å². The molecule has 88 valence electrons. The summed E-state index contributed by atoms with van der Waals surface area (Å²) in [5.74, 6) is 1.01. The van der Waals surface area contributed by atoms with E-state index in [1.807, 2.05) is 11.8 Å². The quantitative estimate of drug-likeness (QED) is 0.831. The van der Waals surface area contributed by atoms with E-state index in [9.17, 15) is 4.39 Å². The molecular weight excluding hydrogens is 245 g/mol. The molecule has 1 aromatic carbocycles. The van der Waals surface area contributed by atoms with Crippen molar-refractivity contribution in [3.63, 3.8) is 0 Å². The Kier molecular flexibility index (Phi) is 3.48. The maximum Gasteiger partial charge on any atom is 0.125 e. The van der Waals surface area contributed by atoms with Crippen LogP contribution in [0.3, 0.4) is 0 Å². The monoisotopic (exact) mass is 259 g/mol. The highest BCUT2D eigenvalue weighted by molar-refractivity contribution is 7.99. The van der Waals surface area contributed by atoms with E-state index in [4.69, 9.17) is 17.3 Å². The molecule has 2 unspecified atom stereocenters. The van der Waals surface area contributed by atoms with Gasteiger partial charge in [-0.3, -0.25) is 0 Å². The minimum absolute atomic E-state index is 0.123. The first-order chi connectivity index (χ1) is 7.50. The van der Waals surface area contributed by atoms with Crippen molar-refractivity contribution in [2.24, 2.45) is 11.7 Å². The summed E-state index contributed by atoms with van der Waals surface area (Å²) < 4.78 is 13.3. The zero-order valence-corrected chi connectivity index (χ0v) is 10.9. The summed E-state index contributed by atoms with van der Waals surface area (Å²) in [4.78, 5) is 0. The van der Waals surface area contributed by atoms with E-state index in [1.54, 1.807) is 0 Å².